The molecular weight excluding hydrogens is 595 g/mol. The number of rotatable bonds is 4. The van der Waals surface area contributed by atoms with Crippen molar-refractivity contribution in [1.29, 1.82) is 0 Å². The molecule has 1 aliphatic heterocycles. The number of hydrogen-bond donors (Lipinski definition) is 0. The van der Waals surface area contributed by atoms with Crippen LogP contribution in [0, 0.1) is 0 Å². The summed E-state index contributed by atoms with van der Waals surface area (Å²) in [5, 5.41) is 4.81. The minimum absolute atomic E-state index is 0.597. The summed E-state index contributed by atoms with van der Waals surface area (Å²) >= 11 is 0. The number of nitrogens with zero attached hydrogens (tertiary/aromatic N) is 3. The second-order valence-electron chi connectivity index (χ2n) is 12.8. The van der Waals surface area contributed by atoms with Gasteiger partial charge in [0, 0.05) is 11.1 Å². The predicted molar refractivity (Wildman–Crippen MR) is 194 cm³/mol. The number of hydrogen-bond acceptors (Lipinski definition) is 5. The van der Waals surface area contributed by atoms with Crippen molar-refractivity contribution in [3.05, 3.63) is 140 Å². The van der Waals surface area contributed by atoms with Gasteiger partial charge in [-0.05, 0) is 0 Å². The molecular formula is C41H30N3O2Si-. The zero-order chi connectivity index (χ0) is 31.5. The van der Waals surface area contributed by atoms with Gasteiger partial charge in [0.05, 0.1) is 0 Å². The quantitative estimate of drug-likeness (QED) is 0.183. The summed E-state index contributed by atoms with van der Waals surface area (Å²) in [5.74, 6) is 3.78. The number of para-hydroxylation sites is 2. The molecule has 0 fully saturated rings. The van der Waals surface area contributed by atoms with E-state index in [9.17, 15) is 0 Å². The molecule has 0 radical (unpaired) electrons. The first kappa shape index (κ1) is 27.5. The van der Waals surface area contributed by atoms with Crippen LogP contribution in [0.3, 0.4) is 0 Å². The molecule has 3 heterocycles. The molecule has 0 spiro atoms. The van der Waals surface area contributed by atoms with Crippen molar-refractivity contribution < 1.29 is 9.15 Å². The number of ether oxygens (including phenoxy) is 1. The fourth-order valence-corrected chi connectivity index (χ4v) is 10.2. The van der Waals surface area contributed by atoms with E-state index in [1.54, 1.807) is 0 Å². The predicted octanol–water partition coefficient (Wildman–Crippen LogP) is 9.10. The fourth-order valence-electron chi connectivity index (χ4n) is 6.94. The van der Waals surface area contributed by atoms with Crippen LogP contribution in [-0.2, 0) is 0 Å². The molecule has 9 rings (SSSR count). The molecule has 226 valence electrons. The topological polar surface area (TPSA) is 61.0 Å². The third-order valence-electron chi connectivity index (χ3n) is 9.47. The van der Waals surface area contributed by atoms with E-state index in [1.165, 1.54) is 10.4 Å². The van der Waals surface area contributed by atoms with Gasteiger partial charge in [0.2, 0.25) is 0 Å². The molecule has 0 amide bonds. The van der Waals surface area contributed by atoms with Gasteiger partial charge in [-0.25, -0.2) is 4.98 Å². The maximum atomic E-state index is 6.67. The summed E-state index contributed by atoms with van der Waals surface area (Å²) < 4.78 is 13.2. The van der Waals surface area contributed by atoms with E-state index in [0.29, 0.717) is 17.5 Å². The second-order valence-corrected chi connectivity index (χ2v) is 17.8. The Bertz CT molecular complexity index is 2410. The van der Waals surface area contributed by atoms with Crippen LogP contribution in [0.4, 0.5) is 0 Å². The Morgan fingerprint density at radius 1 is 0.468 bits per heavy atom. The van der Waals surface area contributed by atoms with Crippen molar-refractivity contribution in [2.75, 3.05) is 0 Å². The Labute approximate surface area is 273 Å². The van der Waals surface area contributed by atoms with Crippen LogP contribution >= 0.6 is 0 Å². The SMILES string of the molecule is C[SiH-]1(C)c2ccccc2Oc2cc(-c3cccc4c3oc3cc(-c5nc(-c6ccccc6)nc(-c6ccccc6)n5)ccc34)ccc21. The van der Waals surface area contributed by atoms with Crippen molar-refractivity contribution in [1.82, 2.24) is 15.0 Å². The number of benzene rings is 6. The standard InChI is InChI=1S/C41H30N3O2Si/c1-47(2)36-19-10-9-18-33(36)45-35-24-28(21-23-37(35)47)30-16-11-17-32-31-22-20-29(25-34(31)46-38(30)32)41-43-39(26-12-5-3-6-13-26)42-40(44-41)27-14-7-4-8-15-27/h3-25,47H,1-2H3/q-1. The summed E-state index contributed by atoms with van der Waals surface area (Å²) in [5.41, 5.74) is 6.47. The van der Waals surface area contributed by atoms with Gasteiger partial charge in [-0.3, -0.25) is 0 Å². The Morgan fingerprint density at radius 3 is 1.81 bits per heavy atom. The van der Waals surface area contributed by atoms with Gasteiger partial charge in [0.25, 0.3) is 0 Å². The van der Waals surface area contributed by atoms with Gasteiger partial charge >= 0.3 is 185 Å². The molecule has 8 aromatic rings. The van der Waals surface area contributed by atoms with Gasteiger partial charge in [-0.2, -0.15) is 0 Å². The first-order valence-electron chi connectivity index (χ1n) is 16.0. The first-order valence-corrected chi connectivity index (χ1v) is 19.5. The third kappa shape index (κ3) is 4.56. The van der Waals surface area contributed by atoms with Crippen LogP contribution < -0.4 is 15.1 Å². The molecule has 6 heteroatoms. The summed E-state index contributed by atoms with van der Waals surface area (Å²) in [6.07, 6.45) is 0. The summed E-state index contributed by atoms with van der Waals surface area (Å²) in [6, 6.07) is 47.7. The van der Waals surface area contributed by atoms with Crippen molar-refractivity contribution in [3.8, 4) is 56.8 Å². The van der Waals surface area contributed by atoms with E-state index in [2.05, 4.69) is 79.8 Å². The molecule has 6 aromatic carbocycles. The van der Waals surface area contributed by atoms with Crippen LogP contribution in [0.1, 0.15) is 0 Å². The number of furan rings is 1. The Hall–Kier alpha value is -5.85. The van der Waals surface area contributed by atoms with Crippen LogP contribution in [0.25, 0.3) is 67.2 Å². The fraction of sp³-hybridized carbons (Fsp3) is 0.0488. The van der Waals surface area contributed by atoms with Gasteiger partial charge < -0.3 is 0 Å². The monoisotopic (exact) mass is 624 g/mol. The molecule has 0 N–H and O–H groups in total. The van der Waals surface area contributed by atoms with Gasteiger partial charge in [0.15, 0.2) is 11.6 Å². The van der Waals surface area contributed by atoms with E-state index < -0.39 is 8.07 Å². The number of fused-ring (bicyclic) bond motifs is 5. The molecule has 0 atom stereocenters. The molecule has 5 nitrogen and oxygen atoms in total. The molecule has 0 aliphatic carbocycles. The number of aromatic nitrogens is 3. The second kappa shape index (κ2) is 10.6. The van der Waals surface area contributed by atoms with Gasteiger partial charge in [-0.1, -0.05) is 60.7 Å². The average molecular weight is 625 g/mol. The molecule has 0 saturated heterocycles. The Kier molecular flexibility index (Phi) is 6.20. The summed E-state index contributed by atoms with van der Waals surface area (Å²) in [7, 11) is -2.24. The van der Waals surface area contributed by atoms with Crippen LogP contribution in [0.2, 0.25) is 13.1 Å². The van der Waals surface area contributed by atoms with Crippen molar-refractivity contribution >= 4 is 40.4 Å². The van der Waals surface area contributed by atoms with E-state index in [4.69, 9.17) is 24.1 Å². The summed E-state index contributed by atoms with van der Waals surface area (Å²) in [4.78, 5) is 14.7. The molecule has 2 aromatic heterocycles. The van der Waals surface area contributed by atoms with Gasteiger partial charge in [0.1, 0.15) is 0 Å². The third-order valence-corrected chi connectivity index (χ3v) is 13.5. The molecule has 0 unspecified atom stereocenters. The van der Waals surface area contributed by atoms with E-state index in [1.807, 2.05) is 72.8 Å². The molecule has 1 aliphatic rings. The van der Waals surface area contributed by atoms with Crippen molar-refractivity contribution in [2.45, 2.75) is 13.1 Å². The first-order chi connectivity index (χ1) is 23.0. The van der Waals surface area contributed by atoms with E-state index in [0.717, 1.165) is 61.3 Å². The Morgan fingerprint density at radius 2 is 1.09 bits per heavy atom. The van der Waals surface area contributed by atoms with Crippen molar-refractivity contribution in [3.63, 3.8) is 0 Å². The zero-order valence-corrected chi connectivity index (χ0v) is 27.2. The van der Waals surface area contributed by atoms with Gasteiger partial charge in [-0.15, -0.1) is 0 Å². The van der Waals surface area contributed by atoms with Crippen LogP contribution in [0.5, 0.6) is 11.5 Å². The van der Waals surface area contributed by atoms with Crippen LogP contribution in [0.15, 0.2) is 144 Å². The summed E-state index contributed by atoms with van der Waals surface area (Å²) in [6.45, 7) is 4.84. The Balaban J connectivity index is 1.16. The van der Waals surface area contributed by atoms with Crippen molar-refractivity contribution in [2.24, 2.45) is 0 Å². The van der Waals surface area contributed by atoms with E-state index >= 15 is 0 Å². The molecule has 0 bridgehead atoms. The van der Waals surface area contributed by atoms with E-state index in [-0.39, 0.29) is 0 Å². The normalized spacial score (nSPS) is 13.9. The zero-order valence-electron chi connectivity index (χ0n) is 26.0. The molecule has 0 saturated carbocycles. The van der Waals surface area contributed by atoms with Crippen LogP contribution in [-0.4, -0.2) is 23.0 Å². The maximum absolute atomic E-state index is 6.67. The molecule has 47 heavy (non-hydrogen) atoms. The minimum atomic E-state index is -2.24. The average Bonchev–Trinajstić information content (AvgIpc) is 3.50.